The Morgan fingerprint density at radius 1 is 0.952 bits per heavy atom. The maximum atomic E-state index is 10.7. The van der Waals surface area contributed by atoms with Crippen LogP contribution in [0.3, 0.4) is 0 Å². The van der Waals surface area contributed by atoms with Gasteiger partial charge in [-0.25, -0.2) is 4.79 Å². The molecular weight excluding hydrogens is 268 g/mol. The monoisotopic (exact) mass is 294 g/mol. The summed E-state index contributed by atoms with van der Waals surface area (Å²) in [6.07, 6.45) is 7.07. The fraction of sp³-hybridized carbons (Fsp3) is 0.588. The fourth-order valence-electron chi connectivity index (χ4n) is 2.04. The van der Waals surface area contributed by atoms with E-state index in [0.717, 1.165) is 31.8 Å². The molecule has 0 aliphatic rings. The highest BCUT2D eigenvalue weighted by atomic mass is 16.5. The van der Waals surface area contributed by atoms with Crippen molar-refractivity contribution in [2.75, 3.05) is 19.8 Å². The second kappa shape index (κ2) is 11.1. The molecule has 0 aliphatic heterocycles. The van der Waals surface area contributed by atoms with Gasteiger partial charge in [-0.15, -0.1) is 0 Å². The minimum atomic E-state index is -0.911. The van der Waals surface area contributed by atoms with E-state index in [9.17, 15) is 4.79 Å². The third-order valence-electron chi connectivity index (χ3n) is 3.26. The van der Waals surface area contributed by atoms with E-state index in [1.54, 1.807) is 24.3 Å². The molecule has 0 spiro atoms. The summed E-state index contributed by atoms with van der Waals surface area (Å²) in [7, 11) is 0. The zero-order valence-electron chi connectivity index (χ0n) is 12.8. The summed E-state index contributed by atoms with van der Waals surface area (Å²) in [5, 5.41) is 8.79. The zero-order chi connectivity index (χ0) is 15.3. The number of unbranched alkanes of at least 4 members (excludes halogenated alkanes) is 5. The predicted molar refractivity (Wildman–Crippen MR) is 83.1 cm³/mol. The van der Waals surface area contributed by atoms with Crippen molar-refractivity contribution >= 4 is 5.97 Å². The molecule has 4 heteroatoms. The lowest BCUT2D eigenvalue weighted by Crippen LogP contribution is -1.99. The summed E-state index contributed by atoms with van der Waals surface area (Å²) in [5.41, 5.74) is 0.286. The summed E-state index contributed by atoms with van der Waals surface area (Å²) >= 11 is 0. The third-order valence-corrected chi connectivity index (χ3v) is 3.26. The van der Waals surface area contributed by atoms with Gasteiger partial charge in [-0.05, 0) is 44.0 Å². The molecule has 0 saturated heterocycles. The van der Waals surface area contributed by atoms with Gasteiger partial charge in [0.15, 0.2) is 0 Å². The van der Waals surface area contributed by atoms with Crippen molar-refractivity contribution in [3.8, 4) is 5.75 Å². The minimum absolute atomic E-state index is 0.286. The number of carboxylic acids is 1. The molecule has 0 aliphatic carbocycles. The highest BCUT2D eigenvalue weighted by Crippen LogP contribution is 2.13. The summed E-state index contributed by atoms with van der Waals surface area (Å²) in [6, 6.07) is 6.54. The second-order valence-corrected chi connectivity index (χ2v) is 5.00. The molecule has 0 aromatic heterocycles. The van der Waals surface area contributed by atoms with Crippen molar-refractivity contribution in [2.45, 2.75) is 45.4 Å². The van der Waals surface area contributed by atoms with Crippen LogP contribution in [-0.4, -0.2) is 30.9 Å². The van der Waals surface area contributed by atoms with Gasteiger partial charge in [0, 0.05) is 13.2 Å². The van der Waals surface area contributed by atoms with Crippen molar-refractivity contribution in [1.29, 1.82) is 0 Å². The van der Waals surface area contributed by atoms with Gasteiger partial charge in [-0.2, -0.15) is 0 Å². The Hall–Kier alpha value is -1.55. The van der Waals surface area contributed by atoms with Crippen LogP contribution < -0.4 is 4.74 Å². The van der Waals surface area contributed by atoms with Crippen LogP contribution in [0.5, 0.6) is 5.75 Å². The first kappa shape index (κ1) is 17.5. The average molecular weight is 294 g/mol. The molecule has 0 saturated carbocycles. The lowest BCUT2D eigenvalue weighted by atomic mass is 10.1. The Balaban J connectivity index is 1.98. The third kappa shape index (κ3) is 8.35. The number of ether oxygens (including phenoxy) is 2. The van der Waals surface area contributed by atoms with Crippen LogP contribution >= 0.6 is 0 Å². The molecule has 0 unspecified atom stereocenters. The summed E-state index contributed by atoms with van der Waals surface area (Å²) < 4.78 is 10.9. The fourth-order valence-corrected chi connectivity index (χ4v) is 2.04. The quantitative estimate of drug-likeness (QED) is 0.589. The van der Waals surface area contributed by atoms with Gasteiger partial charge in [-0.3, -0.25) is 0 Å². The van der Waals surface area contributed by atoms with Gasteiger partial charge >= 0.3 is 5.97 Å². The number of benzene rings is 1. The number of hydrogen-bond donors (Lipinski definition) is 1. The highest BCUT2D eigenvalue weighted by molar-refractivity contribution is 5.87. The number of aromatic carboxylic acids is 1. The van der Waals surface area contributed by atoms with Crippen LogP contribution in [0.15, 0.2) is 24.3 Å². The Labute approximate surface area is 127 Å². The standard InChI is InChI=1S/C17H26O4/c1-2-20-13-7-5-3-4-6-8-14-21-16-11-9-15(10-12-16)17(18)19/h9-12H,2-8,13-14H2,1H3,(H,18,19). The van der Waals surface area contributed by atoms with E-state index in [-0.39, 0.29) is 5.56 Å². The Bertz CT molecular complexity index is 386. The van der Waals surface area contributed by atoms with Gasteiger partial charge in [-0.1, -0.05) is 25.7 Å². The van der Waals surface area contributed by atoms with Crippen molar-refractivity contribution < 1.29 is 19.4 Å². The summed E-state index contributed by atoms with van der Waals surface area (Å²) in [5.74, 6) is -0.178. The van der Waals surface area contributed by atoms with Gasteiger partial charge in [0.05, 0.1) is 12.2 Å². The number of rotatable bonds is 12. The first-order chi connectivity index (χ1) is 10.2. The lowest BCUT2D eigenvalue weighted by molar-refractivity contribution is 0.0697. The van der Waals surface area contributed by atoms with E-state index in [1.807, 2.05) is 6.92 Å². The molecule has 0 fully saturated rings. The topological polar surface area (TPSA) is 55.8 Å². The first-order valence-corrected chi connectivity index (χ1v) is 7.78. The van der Waals surface area contributed by atoms with Crippen molar-refractivity contribution in [2.24, 2.45) is 0 Å². The normalized spacial score (nSPS) is 10.5. The highest BCUT2D eigenvalue weighted by Gasteiger charge is 2.01. The molecule has 0 radical (unpaired) electrons. The average Bonchev–Trinajstić information content (AvgIpc) is 2.49. The molecule has 0 atom stereocenters. The SMILES string of the molecule is CCOCCCCCCCCOc1ccc(C(=O)O)cc1. The van der Waals surface area contributed by atoms with Crippen LogP contribution in [0.25, 0.3) is 0 Å². The first-order valence-electron chi connectivity index (χ1n) is 7.78. The maximum absolute atomic E-state index is 10.7. The maximum Gasteiger partial charge on any atom is 0.335 e. The summed E-state index contributed by atoms with van der Waals surface area (Å²) in [4.78, 5) is 10.7. The molecule has 118 valence electrons. The molecule has 1 rings (SSSR count). The van der Waals surface area contributed by atoms with Crippen molar-refractivity contribution in [3.05, 3.63) is 29.8 Å². The Morgan fingerprint density at radius 2 is 1.52 bits per heavy atom. The van der Waals surface area contributed by atoms with Crippen LogP contribution in [-0.2, 0) is 4.74 Å². The van der Waals surface area contributed by atoms with Crippen LogP contribution in [0.4, 0.5) is 0 Å². The minimum Gasteiger partial charge on any atom is -0.494 e. The van der Waals surface area contributed by atoms with Gasteiger partial charge in [0.1, 0.15) is 5.75 Å². The van der Waals surface area contributed by atoms with E-state index < -0.39 is 5.97 Å². The molecule has 0 bridgehead atoms. The van der Waals surface area contributed by atoms with Gasteiger partial charge in [0.2, 0.25) is 0 Å². The number of carbonyl (C=O) groups is 1. The van der Waals surface area contributed by atoms with Crippen molar-refractivity contribution in [3.63, 3.8) is 0 Å². The molecule has 1 aromatic carbocycles. The number of hydrogen-bond acceptors (Lipinski definition) is 3. The van der Waals surface area contributed by atoms with E-state index in [1.165, 1.54) is 25.7 Å². The molecular formula is C17H26O4. The molecule has 4 nitrogen and oxygen atoms in total. The molecule has 0 amide bonds. The predicted octanol–water partition coefficient (Wildman–Crippen LogP) is 4.14. The van der Waals surface area contributed by atoms with E-state index >= 15 is 0 Å². The molecule has 0 heterocycles. The summed E-state index contributed by atoms with van der Waals surface area (Å²) in [6.45, 7) is 4.40. The van der Waals surface area contributed by atoms with Crippen LogP contribution in [0.2, 0.25) is 0 Å². The molecule has 1 aromatic rings. The Kier molecular flexibility index (Phi) is 9.29. The van der Waals surface area contributed by atoms with Gasteiger partial charge < -0.3 is 14.6 Å². The molecule has 21 heavy (non-hydrogen) atoms. The van der Waals surface area contributed by atoms with E-state index in [4.69, 9.17) is 14.6 Å². The number of carboxylic acid groups (broad SMARTS) is 1. The van der Waals surface area contributed by atoms with Crippen LogP contribution in [0, 0.1) is 0 Å². The van der Waals surface area contributed by atoms with E-state index in [2.05, 4.69) is 0 Å². The second-order valence-electron chi connectivity index (χ2n) is 5.00. The van der Waals surface area contributed by atoms with E-state index in [0.29, 0.717) is 6.61 Å². The lowest BCUT2D eigenvalue weighted by Gasteiger charge is -2.06. The van der Waals surface area contributed by atoms with Crippen LogP contribution in [0.1, 0.15) is 55.8 Å². The van der Waals surface area contributed by atoms with Crippen molar-refractivity contribution in [1.82, 2.24) is 0 Å². The largest absolute Gasteiger partial charge is 0.494 e. The van der Waals surface area contributed by atoms with Gasteiger partial charge in [0.25, 0.3) is 0 Å². The molecule has 1 N–H and O–H groups in total. The Morgan fingerprint density at radius 3 is 2.10 bits per heavy atom. The zero-order valence-corrected chi connectivity index (χ0v) is 12.8. The smallest absolute Gasteiger partial charge is 0.335 e.